The van der Waals surface area contributed by atoms with Crippen LogP contribution in [0.5, 0.6) is 5.75 Å². The van der Waals surface area contributed by atoms with E-state index >= 15 is 0 Å². The molecule has 34 heavy (non-hydrogen) atoms. The Morgan fingerprint density at radius 2 is 1.82 bits per heavy atom. The standard InChI is InChI=1S/C22H31N5O6S/c28-20-13-27(15-22(31)32)12-18-19(33-10-4-2-1-3-7-23-16-34)6-5-17(25-18)11-26(9-8-24-20)14-21(29)30/h5-6H,1-4,7-15H2,(H,24,28)(H,29,30)(H,31,32)/p-2. The summed E-state index contributed by atoms with van der Waals surface area (Å²) in [5, 5.41) is 27.4. The van der Waals surface area contributed by atoms with Crippen LogP contribution in [0, 0.1) is 0 Å². The summed E-state index contributed by atoms with van der Waals surface area (Å²) in [4.78, 5) is 46.1. The summed E-state index contributed by atoms with van der Waals surface area (Å²) in [6, 6.07) is 3.49. The van der Waals surface area contributed by atoms with E-state index in [1.165, 1.54) is 4.90 Å². The highest BCUT2D eigenvalue weighted by Gasteiger charge is 2.18. The first kappa shape index (κ1) is 27.3. The van der Waals surface area contributed by atoms with Gasteiger partial charge in [0.2, 0.25) is 5.91 Å². The minimum Gasteiger partial charge on any atom is -0.549 e. The molecule has 11 nitrogen and oxygen atoms in total. The number of fused-ring (bicyclic) bond motifs is 2. The number of aliphatic imine (C=N–C) groups is 1. The highest BCUT2D eigenvalue weighted by Crippen LogP contribution is 2.21. The van der Waals surface area contributed by atoms with Gasteiger partial charge in [-0.3, -0.25) is 19.6 Å². The number of thiocarbonyl (C=S) groups is 1. The molecule has 2 heterocycles. The second-order valence-electron chi connectivity index (χ2n) is 7.93. The molecule has 0 unspecified atom stereocenters. The fourth-order valence-electron chi connectivity index (χ4n) is 3.54. The third-order valence-electron chi connectivity index (χ3n) is 5.06. The second kappa shape index (κ2) is 15.1. The molecule has 1 N–H and O–H groups in total. The second-order valence-corrected chi connectivity index (χ2v) is 8.12. The number of nitrogens with zero attached hydrogens (tertiary/aromatic N) is 4. The van der Waals surface area contributed by atoms with Gasteiger partial charge in [0.05, 0.1) is 41.6 Å². The van der Waals surface area contributed by atoms with Crippen LogP contribution in [0.15, 0.2) is 17.1 Å². The molecule has 1 amide bonds. The lowest BCUT2D eigenvalue weighted by Crippen LogP contribution is -2.46. The number of hydrogen-bond acceptors (Lipinski definition) is 11. The zero-order chi connectivity index (χ0) is 24.8. The monoisotopic (exact) mass is 491 g/mol. The summed E-state index contributed by atoms with van der Waals surface area (Å²) in [5.74, 6) is -2.43. The van der Waals surface area contributed by atoms with Crippen molar-refractivity contribution in [1.82, 2.24) is 20.1 Å². The number of carbonyl (C=O) groups is 3. The summed E-state index contributed by atoms with van der Waals surface area (Å²) in [5.41, 5.74) is 1.07. The zero-order valence-electron chi connectivity index (χ0n) is 19.0. The summed E-state index contributed by atoms with van der Waals surface area (Å²) in [6.07, 6.45) is 3.67. The molecule has 1 aliphatic heterocycles. The van der Waals surface area contributed by atoms with Crippen molar-refractivity contribution in [3.8, 4) is 5.75 Å². The lowest BCUT2D eigenvalue weighted by Gasteiger charge is -2.27. The van der Waals surface area contributed by atoms with Gasteiger partial charge < -0.3 is 29.9 Å². The van der Waals surface area contributed by atoms with E-state index in [2.05, 4.69) is 32.7 Å². The number of ether oxygens (including phenoxy) is 1. The van der Waals surface area contributed by atoms with Crippen molar-refractivity contribution in [2.75, 3.05) is 45.9 Å². The number of carboxylic acid groups (broad SMARTS) is 2. The van der Waals surface area contributed by atoms with Gasteiger partial charge in [-0.1, -0.05) is 6.42 Å². The van der Waals surface area contributed by atoms with Crippen LogP contribution in [0.1, 0.15) is 37.1 Å². The van der Waals surface area contributed by atoms with Gasteiger partial charge in [0.1, 0.15) is 5.75 Å². The van der Waals surface area contributed by atoms with Crippen molar-refractivity contribution < 1.29 is 29.3 Å². The molecule has 0 fully saturated rings. The largest absolute Gasteiger partial charge is 0.549 e. The van der Waals surface area contributed by atoms with Crippen LogP contribution < -0.4 is 20.3 Å². The Kier molecular flexibility index (Phi) is 12.1. The molecule has 2 bridgehead atoms. The van der Waals surface area contributed by atoms with Crippen molar-refractivity contribution in [2.24, 2.45) is 4.99 Å². The molecule has 2 rings (SSSR count). The van der Waals surface area contributed by atoms with Crippen LogP contribution in [0.4, 0.5) is 0 Å². The molecule has 12 heteroatoms. The number of rotatable bonds is 12. The Labute approximate surface area is 203 Å². The first-order valence-electron chi connectivity index (χ1n) is 11.1. The van der Waals surface area contributed by atoms with Gasteiger partial charge in [-0.05, 0) is 43.6 Å². The van der Waals surface area contributed by atoms with E-state index in [1.54, 1.807) is 17.0 Å². The van der Waals surface area contributed by atoms with Gasteiger partial charge in [0.15, 0.2) is 0 Å². The molecular weight excluding hydrogens is 462 g/mol. The number of carbonyl (C=O) groups excluding carboxylic acids is 3. The fourth-order valence-corrected chi connectivity index (χ4v) is 3.63. The fraction of sp³-hybridized carbons (Fsp3) is 0.591. The van der Waals surface area contributed by atoms with Gasteiger partial charge >= 0.3 is 0 Å². The summed E-state index contributed by atoms with van der Waals surface area (Å²) in [7, 11) is 0. The number of carboxylic acids is 2. The summed E-state index contributed by atoms with van der Waals surface area (Å²) >= 11 is 4.54. The lowest BCUT2D eigenvalue weighted by atomic mass is 10.2. The average molecular weight is 492 g/mol. The number of pyridine rings is 1. The van der Waals surface area contributed by atoms with Gasteiger partial charge in [0.25, 0.3) is 0 Å². The highest BCUT2D eigenvalue weighted by atomic mass is 32.1. The number of aromatic nitrogens is 1. The van der Waals surface area contributed by atoms with E-state index in [0.29, 0.717) is 30.3 Å². The van der Waals surface area contributed by atoms with E-state index in [4.69, 9.17) is 4.74 Å². The molecule has 1 aliphatic rings. The topological polar surface area (TPSA) is 150 Å². The average Bonchev–Trinajstić information content (AvgIpc) is 2.75. The molecular formula is C22H29N5O6S-2. The predicted octanol–water partition coefficient (Wildman–Crippen LogP) is -1.64. The quantitative estimate of drug-likeness (QED) is 0.205. The van der Waals surface area contributed by atoms with Crippen molar-refractivity contribution in [1.29, 1.82) is 0 Å². The Morgan fingerprint density at radius 3 is 2.56 bits per heavy atom. The molecule has 0 saturated carbocycles. The lowest BCUT2D eigenvalue weighted by molar-refractivity contribution is -0.307. The number of nitrogens with one attached hydrogen (secondary N) is 1. The Bertz CT molecular complexity index is 893. The highest BCUT2D eigenvalue weighted by molar-refractivity contribution is 7.78. The smallest absolute Gasteiger partial charge is 0.234 e. The number of unbranched alkanes of at least 4 members (excludes halogenated alkanes) is 3. The molecule has 0 spiro atoms. The van der Waals surface area contributed by atoms with E-state index in [-0.39, 0.29) is 45.2 Å². The van der Waals surface area contributed by atoms with Gasteiger partial charge in [-0.15, -0.1) is 0 Å². The number of aliphatic carboxylic acids is 2. The van der Waals surface area contributed by atoms with Gasteiger partial charge in [-0.2, -0.15) is 0 Å². The molecule has 1 aromatic heterocycles. The summed E-state index contributed by atoms with van der Waals surface area (Å²) < 4.78 is 5.92. The molecule has 186 valence electrons. The zero-order valence-corrected chi connectivity index (χ0v) is 19.8. The van der Waals surface area contributed by atoms with E-state index in [9.17, 15) is 24.6 Å². The van der Waals surface area contributed by atoms with Crippen LogP contribution in [-0.2, 0) is 27.5 Å². The van der Waals surface area contributed by atoms with Gasteiger partial charge in [0, 0.05) is 45.8 Å². The molecule has 0 atom stereocenters. The van der Waals surface area contributed by atoms with Crippen LogP contribution >= 0.6 is 12.2 Å². The first-order chi connectivity index (χ1) is 16.4. The molecule has 0 aromatic carbocycles. The summed E-state index contributed by atoms with van der Waals surface area (Å²) in [6.45, 7) is 0.936. The third-order valence-corrected chi connectivity index (χ3v) is 5.19. The van der Waals surface area contributed by atoms with Crippen molar-refractivity contribution in [2.45, 2.75) is 38.8 Å². The van der Waals surface area contributed by atoms with Crippen molar-refractivity contribution in [3.05, 3.63) is 23.5 Å². The molecule has 0 radical (unpaired) electrons. The van der Waals surface area contributed by atoms with E-state index in [0.717, 1.165) is 25.7 Å². The molecule has 1 aromatic rings. The molecule has 0 aliphatic carbocycles. The van der Waals surface area contributed by atoms with Crippen LogP contribution in [-0.4, -0.2) is 83.7 Å². The van der Waals surface area contributed by atoms with Crippen molar-refractivity contribution >= 4 is 35.2 Å². The maximum absolute atomic E-state index is 12.3. The number of hydrogen-bond donors (Lipinski definition) is 1. The normalized spacial score (nSPS) is 15.4. The van der Waals surface area contributed by atoms with Crippen LogP contribution in [0.3, 0.4) is 0 Å². The van der Waals surface area contributed by atoms with Crippen LogP contribution in [0.25, 0.3) is 0 Å². The van der Waals surface area contributed by atoms with E-state index in [1.807, 2.05) is 0 Å². The maximum Gasteiger partial charge on any atom is 0.234 e. The minimum absolute atomic E-state index is 0.0562. The number of amides is 1. The Balaban J connectivity index is 2.14. The predicted molar refractivity (Wildman–Crippen MR) is 122 cm³/mol. The number of isothiocyanates is 1. The first-order valence-corrected chi connectivity index (χ1v) is 11.5. The SMILES string of the molecule is O=C([O-])CN1CCNC(=O)CN(CC(=O)[O-])Cc2nc(ccc2OCCCCCCN=C=S)C1. The maximum atomic E-state index is 12.3. The Morgan fingerprint density at radius 1 is 1.09 bits per heavy atom. The van der Waals surface area contributed by atoms with Crippen LogP contribution in [0.2, 0.25) is 0 Å². The molecule has 0 saturated heterocycles. The minimum atomic E-state index is -1.31. The van der Waals surface area contributed by atoms with Gasteiger partial charge in [-0.25, -0.2) is 4.99 Å². The van der Waals surface area contributed by atoms with E-state index < -0.39 is 18.5 Å². The van der Waals surface area contributed by atoms with Crippen molar-refractivity contribution in [3.63, 3.8) is 0 Å². The Hall–Kier alpha value is -2.92. The third kappa shape index (κ3) is 10.8.